The van der Waals surface area contributed by atoms with E-state index in [0.717, 1.165) is 0 Å². The number of rotatable bonds is 8. The third-order valence-electron chi connectivity index (χ3n) is 2.20. The lowest BCUT2D eigenvalue weighted by Crippen LogP contribution is -2.50. The van der Waals surface area contributed by atoms with Crippen molar-refractivity contribution in [2.45, 2.75) is 31.8 Å². The monoisotopic (exact) mass is 261 g/mol. The van der Waals surface area contributed by atoms with Crippen LogP contribution in [0, 0.1) is 0 Å². The van der Waals surface area contributed by atoms with E-state index < -0.39 is 30.4 Å². The van der Waals surface area contributed by atoms with Crippen molar-refractivity contribution in [3.05, 3.63) is 0 Å². The number of aliphatic carboxylic acids is 1. The zero-order valence-electron chi connectivity index (χ0n) is 10.4. The van der Waals surface area contributed by atoms with Gasteiger partial charge in [-0.2, -0.15) is 0 Å². The molecule has 8 nitrogen and oxygen atoms in total. The van der Waals surface area contributed by atoms with Crippen molar-refractivity contribution in [3.63, 3.8) is 0 Å². The summed E-state index contributed by atoms with van der Waals surface area (Å²) in [6.45, 7) is 2.17. The lowest BCUT2D eigenvalue weighted by Gasteiger charge is -2.18. The van der Waals surface area contributed by atoms with E-state index in [0.29, 0.717) is 13.0 Å². The maximum absolute atomic E-state index is 11.5. The van der Waals surface area contributed by atoms with Crippen molar-refractivity contribution in [1.29, 1.82) is 0 Å². The summed E-state index contributed by atoms with van der Waals surface area (Å²) in [7, 11) is 1.50. The summed E-state index contributed by atoms with van der Waals surface area (Å²) >= 11 is 0. The standard InChI is InChI=1S/C10H19N3O5/c1-3-6(5-18-2)12-10(17)13-7(9(15)16)4-8(11)14/h6-7H,3-5H2,1-2H3,(H2,11,14)(H,15,16)(H2,12,13,17)/t6?,7-/m0/s1. The molecule has 0 heterocycles. The molecule has 1 unspecified atom stereocenters. The number of carboxylic acid groups (broad SMARTS) is 1. The molecule has 2 atom stereocenters. The third kappa shape index (κ3) is 6.69. The Morgan fingerprint density at radius 3 is 2.33 bits per heavy atom. The fraction of sp³-hybridized carbons (Fsp3) is 0.700. The molecule has 0 fully saturated rings. The Morgan fingerprint density at radius 2 is 1.94 bits per heavy atom. The first kappa shape index (κ1) is 16.2. The van der Waals surface area contributed by atoms with Gasteiger partial charge in [0.1, 0.15) is 6.04 Å². The quantitative estimate of drug-likeness (QED) is 0.447. The highest BCUT2D eigenvalue weighted by atomic mass is 16.5. The Hall–Kier alpha value is -1.83. The number of nitrogens with two attached hydrogens (primary N) is 1. The summed E-state index contributed by atoms with van der Waals surface area (Å²) in [5.74, 6) is -2.12. The van der Waals surface area contributed by atoms with Crippen LogP contribution in [0.15, 0.2) is 0 Å². The topological polar surface area (TPSA) is 131 Å². The maximum atomic E-state index is 11.5. The molecule has 18 heavy (non-hydrogen) atoms. The van der Waals surface area contributed by atoms with E-state index >= 15 is 0 Å². The molecule has 0 saturated carbocycles. The highest BCUT2D eigenvalue weighted by Gasteiger charge is 2.22. The number of urea groups is 1. The Morgan fingerprint density at radius 1 is 1.33 bits per heavy atom. The summed E-state index contributed by atoms with van der Waals surface area (Å²) in [5, 5.41) is 13.5. The van der Waals surface area contributed by atoms with Crippen molar-refractivity contribution < 1.29 is 24.2 Å². The van der Waals surface area contributed by atoms with E-state index in [-0.39, 0.29) is 6.04 Å². The van der Waals surface area contributed by atoms with E-state index in [4.69, 9.17) is 15.6 Å². The van der Waals surface area contributed by atoms with Crippen LogP contribution in [-0.4, -0.2) is 48.8 Å². The van der Waals surface area contributed by atoms with Crippen LogP contribution in [0.25, 0.3) is 0 Å². The van der Waals surface area contributed by atoms with Crippen molar-refractivity contribution in [2.75, 3.05) is 13.7 Å². The van der Waals surface area contributed by atoms with Crippen molar-refractivity contribution in [1.82, 2.24) is 10.6 Å². The van der Waals surface area contributed by atoms with Crippen LogP contribution in [-0.2, 0) is 14.3 Å². The molecule has 0 bridgehead atoms. The molecule has 0 aromatic heterocycles. The Labute approximate surface area is 105 Å². The van der Waals surface area contributed by atoms with E-state index in [1.807, 2.05) is 6.92 Å². The van der Waals surface area contributed by atoms with Crippen molar-refractivity contribution >= 4 is 17.9 Å². The molecule has 0 spiro atoms. The molecular weight excluding hydrogens is 242 g/mol. The average molecular weight is 261 g/mol. The van der Waals surface area contributed by atoms with Crippen molar-refractivity contribution in [3.8, 4) is 0 Å². The molecule has 5 N–H and O–H groups in total. The molecule has 0 rings (SSSR count). The lowest BCUT2D eigenvalue weighted by molar-refractivity contribution is -0.140. The van der Waals surface area contributed by atoms with Gasteiger partial charge >= 0.3 is 12.0 Å². The van der Waals surface area contributed by atoms with Gasteiger partial charge in [0.2, 0.25) is 5.91 Å². The Kier molecular flexibility index (Phi) is 7.45. The zero-order chi connectivity index (χ0) is 14.1. The zero-order valence-corrected chi connectivity index (χ0v) is 10.4. The molecule has 0 aliphatic heterocycles. The van der Waals surface area contributed by atoms with Gasteiger partial charge in [-0.15, -0.1) is 0 Å². The number of amides is 3. The normalized spacial score (nSPS) is 13.4. The molecule has 0 aromatic carbocycles. The van der Waals surface area contributed by atoms with Gasteiger partial charge in [0.25, 0.3) is 0 Å². The summed E-state index contributed by atoms with van der Waals surface area (Å²) in [5.41, 5.74) is 4.89. The van der Waals surface area contributed by atoms with E-state index in [2.05, 4.69) is 10.6 Å². The number of carboxylic acids is 1. The number of nitrogens with one attached hydrogen (secondary N) is 2. The Balaban J connectivity index is 4.32. The second kappa shape index (κ2) is 8.29. The predicted octanol–water partition coefficient (Wildman–Crippen LogP) is -0.961. The second-order valence-corrected chi connectivity index (χ2v) is 3.74. The minimum Gasteiger partial charge on any atom is -0.480 e. The van der Waals surface area contributed by atoms with Gasteiger partial charge in [-0.1, -0.05) is 6.92 Å². The molecular formula is C10H19N3O5. The number of primary amides is 1. The van der Waals surface area contributed by atoms with Gasteiger partial charge in [-0.05, 0) is 6.42 Å². The SMILES string of the molecule is CCC(COC)NC(=O)N[C@@H](CC(N)=O)C(=O)O. The van der Waals surface area contributed by atoms with E-state index in [1.165, 1.54) is 7.11 Å². The summed E-state index contributed by atoms with van der Waals surface area (Å²) in [6.07, 6.45) is 0.179. The minimum absolute atomic E-state index is 0.224. The summed E-state index contributed by atoms with van der Waals surface area (Å²) in [6, 6.07) is -2.23. The minimum atomic E-state index is -1.33. The highest BCUT2D eigenvalue weighted by molar-refractivity contribution is 5.87. The number of hydrogen-bond acceptors (Lipinski definition) is 4. The molecule has 0 aromatic rings. The van der Waals surface area contributed by atoms with Gasteiger partial charge in [-0.3, -0.25) is 4.79 Å². The maximum Gasteiger partial charge on any atom is 0.326 e. The fourth-order valence-electron chi connectivity index (χ4n) is 1.25. The lowest BCUT2D eigenvalue weighted by atomic mass is 10.2. The molecule has 0 aliphatic rings. The number of hydrogen-bond donors (Lipinski definition) is 4. The Bertz CT molecular complexity index is 308. The average Bonchev–Trinajstić information content (AvgIpc) is 2.26. The highest BCUT2D eigenvalue weighted by Crippen LogP contribution is 1.94. The van der Waals surface area contributed by atoms with Gasteiger partial charge in [0.15, 0.2) is 0 Å². The smallest absolute Gasteiger partial charge is 0.326 e. The fourth-order valence-corrected chi connectivity index (χ4v) is 1.25. The van der Waals surface area contributed by atoms with E-state index in [9.17, 15) is 14.4 Å². The van der Waals surface area contributed by atoms with Crippen molar-refractivity contribution in [2.24, 2.45) is 5.73 Å². The van der Waals surface area contributed by atoms with Gasteiger partial charge in [-0.25, -0.2) is 9.59 Å². The van der Waals surface area contributed by atoms with Crippen LogP contribution < -0.4 is 16.4 Å². The summed E-state index contributed by atoms with van der Waals surface area (Å²) < 4.78 is 4.88. The predicted molar refractivity (Wildman–Crippen MR) is 62.9 cm³/mol. The van der Waals surface area contributed by atoms with Crippen LogP contribution in [0.1, 0.15) is 19.8 Å². The van der Waals surface area contributed by atoms with Gasteiger partial charge < -0.3 is 26.2 Å². The first-order chi connectivity index (χ1) is 8.40. The number of carbonyl (C=O) groups excluding carboxylic acids is 2. The van der Waals surface area contributed by atoms with E-state index in [1.54, 1.807) is 0 Å². The van der Waals surface area contributed by atoms with Crippen LogP contribution >= 0.6 is 0 Å². The van der Waals surface area contributed by atoms with Crippen LogP contribution in [0.3, 0.4) is 0 Å². The van der Waals surface area contributed by atoms with Gasteiger partial charge in [0.05, 0.1) is 19.1 Å². The largest absolute Gasteiger partial charge is 0.480 e. The second-order valence-electron chi connectivity index (χ2n) is 3.74. The number of carbonyl (C=O) groups is 3. The molecule has 0 radical (unpaired) electrons. The first-order valence-corrected chi connectivity index (χ1v) is 5.47. The molecule has 0 aliphatic carbocycles. The molecule has 3 amide bonds. The van der Waals surface area contributed by atoms with Gasteiger partial charge in [0, 0.05) is 7.11 Å². The van der Waals surface area contributed by atoms with Crippen LogP contribution in [0.5, 0.6) is 0 Å². The third-order valence-corrected chi connectivity index (χ3v) is 2.20. The molecule has 0 saturated heterocycles. The number of ether oxygens (including phenoxy) is 1. The molecule has 104 valence electrons. The summed E-state index contributed by atoms with van der Waals surface area (Å²) in [4.78, 5) is 32.9. The number of methoxy groups -OCH3 is 1. The van der Waals surface area contributed by atoms with Crippen LogP contribution in [0.2, 0.25) is 0 Å². The van der Waals surface area contributed by atoms with Crippen LogP contribution in [0.4, 0.5) is 4.79 Å². The molecule has 8 heteroatoms. The first-order valence-electron chi connectivity index (χ1n) is 5.47.